The normalized spacial score (nSPS) is 41.1. The van der Waals surface area contributed by atoms with Crippen LogP contribution in [0.25, 0.3) is 0 Å². The van der Waals surface area contributed by atoms with Crippen LogP contribution in [-0.4, -0.2) is 25.8 Å². The van der Waals surface area contributed by atoms with Gasteiger partial charge in [-0.15, -0.1) is 0 Å². The van der Waals surface area contributed by atoms with Crippen molar-refractivity contribution in [2.45, 2.75) is 90.2 Å². The number of ether oxygens (including phenoxy) is 1. The Bertz CT molecular complexity index is 490. The lowest BCUT2D eigenvalue weighted by atomic mass is 9.49. The summed E-state index contributed by atoms with van der Waals surface area (Å²) in [5.74, 6) is 3.71. The molecule has 2 heteroatoms. The predicted octanol–water partition coefficient (Wildman–Crippen LogP) is 5.33. The van der Waals surface area contributed by atoms with Gasteiger partial charge in [-0.2, -0.15) is 0 Å². The molecular formula is C23H39NO. The first-order valence-corrected chi connectivity index (χ1v) is 11.0. The predicted molar refractivity (Wildman–Crippen MR) is 105 cm³/mol. The standard InChI is InChI=1S/C23H39NO/c1-23(2)19-11-9-18(20(23)14-19)15-24-21-13-17(10-12-22(21)25-3)16-7-5-4-6-8-16/h9,16-17,19-22,24H,4-8,10-15H2,1-3H3/t17?,19-,20-,21?,22?/m0/s1. The van der Waals surface area contributed by atoms with Crippen molar-refractivity contribution in [3.8, 4) is 0 Å². The first-order valence-electron chi connectivity index (χ1n) is 11.0. The van der Waals surface area contributed by atoms with Crippen LogP contribution in [0.3, 0.4) is 0 Å². The fraction of sp³-hybridized carbons (Fsp3) is 0.913. The van der Waals surface area contributed by atoms with E-state index < -0.39 is 0 Å². The van der Waals surface area contributed by atoms with Gasteiger partial charge in [-0.25, -0.2) is 0 Å². The topological polar surface area (TPSA) is 21.3 Å². The van der Waals surface area contributed by atoms with E-state index in [0.717, 1.165) is 30.2 Å². The van der Waals surface area contributed by atoms with E-state index >= 15 is 0 Å². The van der Waals surface area contributed by atoms with Gasteiger partial charge in [0, 0.05) is 19.7 Å². The van der Waals surface area contributed by atoms with E-state index in [0.29, 0.717) is 17.6 Å². The first-order chi connectivity index (χ1) is 12.1. The van der Waals surface area contributed by atoms with Gasteiger partial charge < -0.3 is 10.1 Å². The molecule has 0 amide bonds. The molecule has 3 fully saturated rings. The molecule has 2 nitrogen and oxygen atoms in total. The Hall–Kier alpha value is -0.340. The number of hydrogen-bond acceptors (Lipinski definition) is 2. The van der Waals surface area contributed by atoms with E-state index in [-0.39, 0.29) is 0 Å². The van der Waals surface area contributed by atoms with Crippen LogP contribution in [0.2, 0.25) is 0 Å². The number of rotatable bonds is 5. The number of hydrogen-bond donors (Lipinski definition) is 1. The van der Waals surface area contributed by atoms with Crippen LogP contribution in [0, 0.1) is 29.1 Å². The van der Waals surface area contributed by atoms with Crippen molar-refractivity contribution in [2.75, 3.05) is 13.7 Å². The van der Waals surface area contributed by atoms with Crippen LogP contribution >= 0.6 is 0 Å². The van der Waals surface area contributed by atoms with Crippen LogP contribution in [-0.2, 0) is 4.74 Å². The zero-order valence-electron chi connectivity index (χ0n) is 16.7. The van der Waals surface area contributed by atoms with Crippen LogP contribution in [0.5, 0.6) is 0 Å². The summed E-state index contributed by atoms with van der Waals surface area (Å²) in [5, 5.41) is 3.96. The van der Waals surface area contributed by atoms with Gasteiger partial charge >= 0.3 is 0 Å². The quantitative estimate of drug-likeness (QED) is 0.680. The van der Waals surface area contributed by atoms with Gasteiger partial charge in [0.1, 0.15) is 0 Å². The summed E-state index contributed by atoms with van der Waals surface area (Å²) in [6, 6.07) is 0.562. The van der Waals surface area contributed by atoms with Crippen molar-refractivity contribution in [2.24, 2.45) is 29.1 Å². The third-order valence-electron chi connectivity index (χ3n) is 8.60. The van der Waals surface area contributed by atoms with Crippen LogP contribution in [0.15, 0.2) is 11.6 Å². The molecule has 3 saturated carbocycles. The highest BCUT2D eigenvalue weighted by Gasteiger charge is 2.51. The van der Waals surface area contributed by atoms with Gasteiger partial charge in [0.15, 0.2) is 0 Å². The molecule has 0 aromatic rings. The minimum absolute atomic E-state index is 0.422. The van der Waals surface area contributed by atoms with Crippen molar-refractivity contribution in [3.05, 3.63) is 11.6 Å². The smallest absolute Gasteiger partial charge is 0.0724 e. The summed E-state index contributed by atoms with van der Waals surface area (Å²) in [7, 11) is 1.92. The van der Waals surface area contributed by atoms with Crippen LogP contribution in [0.1, 0.15) is 78.1 Å². The van der Waals surface area contributed by atoms with Gasteiger partial charge in [-0.3, -0.25) is 0 Å². The van der Waals surface area contributed by atoms with E-state index in [1.165, 1.54) is 64.2 Å². The van der Waals surface area contributed by atoms with E-state index in [9.17, 15) is 0 Å². The van der Waals surface area contributed by atoms with Crippen molar-refractivity contribution >= 4 is 0 Å². The minimum atomic E-state index is 0.422. The molecule has 0 aromatic heterocycles. The Balaban J connectivity index is 1.35. The van der Waals surface area contributed by atoms with Gasteiger partial charge in [0.05, 0.1) is 6.10 Å². The number of methoxy groups -OCH3 is 1. The molecule has 0 saturated heterocycles. The number of nitrogens with one attached hydrogen (secondary N) is 1. The highest BCUT2D eigenvalue weighted by molar-refractivity contribution is 5.24. The lowest BCUT2D eigenvalue weighted by Crippen LogP contribution is -2.52. The van der Waals surface area contributed by atoms with Gasteiger partial charge in [0.25, 0.3) is 0 Å². The molecule has 5 aliphatic rings. The molecule has 5 aliphatic carbocycles. The lowest BCUT2D eigenvalue weighted by Gasteiger charge is -2.56. The number of allylic oxidation sites excluding steroid dienone is 1. The molecule has 5 rings (SSSR count). The molecule has 5 atom stereocenters. The zero-order valence-corrected chi connectivity index (χ0v) is 16.7. The maximum absolute atomic E-state index is 5.88. The van der Waals surface area contributed by atoms with Crippen molar-refractivity contribution < 1.29 is 4.74 Å². The van der Waals surface area contributed by atoms with Crippen LogP contribution in [0.4, 0.5) is 0 Å². The molecule has 0 heterocycles. The largest absolute Gasteiger partial charge is 0.380 e. The summed E-state index contributed by atoms with van der Waals surface area (Å²) >= 11 is 0. The van der Waals surface area contributed by atoms with E-state index in [2.05, 4.69) is 25.2 Å². The Morgan fingerprint density at radius 2 is 1.84 bits per heavy atom. The molecule has 0 aliphatic heterocycles. The number of fused-ring (bicyclic) bond motifs is 1. The van der Waals surface area contributed by atoms with E-state index in [1.54, 1.807) is 5.57 Å². The Labute approximate surface area is 155 Å². The summed E-state index contributed by atoms with van der Waals surface area (Å²) in [6.45, 7) is 6.07. The molecule has 0 aromatic carbocycles. The second-order valence-electron chi connectivity index (χ2n) is 10.1. The average Bonchev–Trinajstić information content (AvgIpc) is 2.66. The Morgan fingerprint density at radius 1 is 1.04 bits per heavy atom. The lowest BCUT2D eigenvalue weighted by molar-refractivity contribution is -0.0109. The van der Waals surface area contributed by atoms with Gasteiger partial charge in [-0.05, 0) is 61.2 Å². The summed E-state index contributed by atoms with van der Waals surface area (Å²) in [5.41, 5.74) is 2.24. The van der Waals surface area contributed by atoms with Gasteiger partial charge in [-0.1, -0.05) is 57.6 Å². The monoisotopic (exact) mass is 345 g/mol. The fourth-order valence-electron chi connectivity index (χ4n) is 6.63. The molecule has 1 N–H and O–H groups in total. The average molecular weight is 346 g/mol. The Morgan fingerprint density at radius 3 is 2.52 bits per heavy atom. The summed E-state index contributed by atoms with van der Waals surface area (Å²) < 4.78 is 5.88. The molecule has 0 radical (unpaired) electrons. The molecule has 2 bridgehead atoms. The second kappa shape index (κ2) is 7.35. The third kappa shape index (κ3) is 3.46. The highest BCUT2D eigenvalue weighted by Crippen LogP contribution is 2.59. The van der Waals surface area contributed by atoms with E-state index in [1.807, 2.05) is 7.11 Å². The van der Waals surface area contributed by atoms with Crippen molar-refractivity contribution in [1.29, 1.82) is 0 Å². The molecule has 142 valence electrons. The SMILES string of the molecule is COC1CCC(C2CCCCC2)CC1NCC1=CC[C@H]2C[C@@H]1C2(C)C. The molecule has 3 unspecified atom stereocenters. The maximum atomic E-state index is 5.88. The highest BCUT2D eigenvalue weighted by atomic mass is 16.5. The van der Waals surface area contributed by atoms with Gasteiger partial charge in [0.2, 0.25) is 0 Å². The summed E-state index contributed by atoms with van der Waals surface area (Å²) in [4.78, 5) is 0. The molecule has 0 spiro atoms. The third-order valence-corrected chi connectivity index (χ3v) is 8.60. The molecular weight excluding hydrogens is 306 g/mol. The second-order valence-corrected chi connectivity index (χ2v) is 10.1. The zero-order chi connectivity index (χ0) is 17.4. The minimum Gasteiger partial charge on any atom is -0.380 e. The maximum Gasteiger partial charge on any atom is 0.0724 e. The molecule has 25 heavy (non-hydrogen) atoms. The Kier molecular flexibility index (Phi) is 5.30. The van der Waals surface area contributed by atoms with E-state index in [4.69, 9.17) is 4.74 Å². The van der Waals surface area contributed by atoms with Crippen LogP contribution < -0.4 is 5.32 Å². The summed E-state index contributed by atoms with van der Waals surface area (Å²) in [6.07, 6.45) is 17.1. The fourth-order valence-corrected chi connectivity index (χ4v) is 6.63. The first kappa shape index (κ1) is 18.0. The van der Waals surface area contributed by atoms with Crippen molar-refractivity contribution in [1.82, 2.24) is 5.32 Å². The van der Waals surface area contributed by atoms with Crippen molar-refractivity contribution in [3.63, 3.8) is 0 Å².